The zero-order valence-corrected chi connectivity index (χ0v) is 17.5. The van der Waals surface area contributed by atoms with E-state index in [0.29, 0.717) is 11.3 Å². The van der Waals surface area contributed by atoms with Crippen LogP contribution < -0.4 is 10.6 Å². The third-order valence-corrected chi connectivity index (χ3v) is 7.60. The second-order valence-electron chi connectivity index (χ2n) is 9.28. The molecule has 0 radical (unpaired) electrons. The number of anilines is 1. The van der Waals surface area contributed by atoms with Crippen LogP contribution in [0.25, 0.3) is 0 Å². The Morgan fingerprint density at radius 3 is 2.61 bits per heavy atom. The van der Waals surface area contributed by atoms with E-state index in [1.54, 1.807) is 0 Å². The standard InChI is InChI=1S/C23H27N3O5/c1-12-6-5-9-14-19(12)24-22(31)23(14)18-17(15(25-23)10-11-16(27)28)20(29)26(21(18)30)13-7-3-2-4-8-13/h5-6,9,13,15,17-18,25H,2-4,7-8,10-11H2,1H3,(H,24,31)(H,27,28)/t15-,17+,18+,23+/m0/s1. The average Bonchev–Trinajstić information content (AvgIpc) is 3.33. The molecule has 3 aliphatic heterocycles. The summed E-state index contributed by atoms with van der Waals surface area (Å²) in [6, 6.07) is 4.88. The summed E-state index contributed by atoms with van der Waals surface area (Å²) < 4.78 is 0. The van der Waals surface area contributed by atoms with Gasteiger partial charge in [0.1, 0.15) is 5.54 Å². The second kappa shape index (κ2) is 7.15. The third-order valence-electron chi connectivity index (χ3n) is 7.60. The molecule has 164 valence electrons. The fraction of sp³-hybridized carbons (Fsp3) is 0.565. The lowest BCUT2D eigenvalue weighted by molar-refractivity contribution is -0.146. The number of likely N-dealkylation sites (tertiary alicyclic amines) is 1. The molecular weight excluding hydrogens is 398 g/mol. The number of aryl methyl sites for hydroxylation is 1. The SMILES string of the molecule is Cc1cccc2c1NC(=O)[C@@]21N[C@@H](CCC(=O)O)[C@H]2C(=O)N(C3CCCCC3)C(=O)[C@@H]21. The van der Waals surface area contributed by atoms with Gasteiger partial charge in [0.2, 0.25) is 17.7 Å². The van der Waals surface area contributed by atoms with Gasteiger partial charge in [-0.2, -0.15) is 0 Å². The summed E-state index contributed by atoms with van der Waals surface area (Å²) in [5.74, 6) is -3.44. The van der Waals surface area contributed by atoms with E-state index in [1.165, 1.54) is 4.90 Å². The van der Waals surface area contributed by atoms with Crippen LogP contribution in [0.1, 0.15) is 56.1 Å². The monoisotopic (exact) mass is 425 g/mol. The maximum Gasteiger partial charge on any atom is 0.303 e. The molecular formula is C23H27N3O5. The number of nitrogens with zero attached hydrogens (tertiary/aromatic N) is 1. The molecule has 1 aromatic carbocycles. The van der Waals surface area contributed by atoms with Crippen LogP contribution in [0.2, 0.25) is 0 Å². The van der Waals surface area contributed by atoms with Gasteiger partial charge in [0.25, 0.3) is 0 Å². The lowest BCUT2D eigenvalue weighted by Crippen LogP contribution is -2.54. The van der Waals surface area contributed by atoms with Crippen molar-refractivity contribution in [1.29, 1.82) is 0 Å². The van der Waals surface area contributed by atoms with Crippen LogP contribution in [0.4, 0.5) is 5.69 Å². The molecule has 2 saturated heterocycles. The van der Waals surface area contributed by atoms with Crippen LogP contribution in [0.5, 0.6) is 0 Å². The number of amides is 3. The zero-order valence-electron chi connectivity index (χ0n) is 17.5. The predicted molar refractivity (Wildman–Crippen MR) is 111 cm³/mol. The fourth-order valence-corrected chi connectivity index (χ4v) is 6.22. The van der Waals surface area contributed by atoms with Gasteiger partial charge in [0, 0.05) is 29.8 Å². The maximum atomic E-state index is 13.8. The number of carbonyl (C=O) groups excluding carboxylic acids is 3. The predicted octanol–water partition coefficient (Wildman–Crippen LogP) is 1.91. The Morgan fingerprint density at radius 1 is 1.16 bits per heavy atom. The molecule has 8 nitrogen and oxygen atoms in total. The highest BCUT2D eigenvalue weighted by Gasteiger charge is 2.70. The van der Waals surface area contributed by atoms with Gasteiger partial charge >= 0.3 is 5.97 Å². The number of benzene rings is 1. The van der Waals surface area contributed by atoms with Crippen molar-refractivity contribution in [3.05, 3.63) is 29.3 Å². The number of nitrogens with one attached hydrogen (secondary N) is 2. The molecule has 3 amide bonds. The normalized spacial score (nSPS) is 32.5. The molecule has 3 N–H and O–H groups in total. The number of para-hydroxylation sites is 1. The largest absolute Gasteiger partial charge is 0.481 e. The van der Waals surface area contributed by atoms with Gasteiger partial charge in [-0.1, -0.05) is 37.5 Å². The summed E-state index contributed by atoms with van der Waals surface area (Å²) in [5.41, 5.74) is 0.896. The van der Waals surface area contributed by atoms with Gasteiger partial charge in [0.05, 0.1) is 11.8 Å². The van der Waals surface area contributed by atoms with E-state index < -0.39 is 29.4 Å². The molecule has 5 rings (SSSR count). The Morgan fingerprint density at radius 2 is 1.90 bits per heavy atom. The van der Waals surface area contributed by atoms with E-state index in [-0.39, 0.29) is 36.6 Å². The molecule has 3 heterocycles. The number of fused-ring (bicyclic) bond motifs is 4. The van der Waals surface area contributed by atoms with Gasteiger partial charge in [-0.15, -0.1) is 0 Å². The first-order valence-corrected chi connectivity index (χ1v) is 11.1. The number of hydrogen-bond donors (Lipinski definition) is 3. The zero-order chi connectivity index (χ0) is 21.9. The summed E-state index contributed by atoms with van der Waals surface area (Å²) in [6.45, 7) is 1.89. The first-order valence-electron chi connectivity index (χ1n) is 11.1. The maximum absolute atomic E-state index is 13.8. The van der Waals surface area contributed by atoms with Gasteiger partial charge < -0.3 is 10.4 Å². The van der Waals surface area contributed by atoms with Crippen molar-refractivity contribution in [2.45, 2.75) is 69.5 Å². The average molecular weight is 425 g/mol. The Hall–Kier alpha value is -2.74. The molecule has 1 saturated carbocycles. The van der Waals surface area contributed by atoms with E-state index in [2.05, 4.69) is 10.6 Å². The van der Waals surface area contributed by atoms with E-state index in [0.717, 1.165) is 37.7 Å². The third kappa shape index (κ3) is 2.77. The quantitative estimate of drug-likeness (QED) is 0.635. The van der Waals surface area contributed by atoms with Gasteiger partial charge in [0.15, 0.2) is 0 Å². The molecule has 0 aromatic heterocycles. The fourth-order valence-electron chi connectivity index (χ4n) is 6.22. The molecule has 3 fully saturated rings. The molecule has 8 heteroatoms. The Bertz CT molecular complexity index is 985. The molecule has 1 aromatic rings. The Balaban J connectivity index is 1.61. The summed E-state index contributed by atoms with van der Waals surface area (Å²) in [7, 11) is 0. The van der Waals surface area contributed by atoms with Crippen molar-refractivity contribution in [2.75, 3.05) is 5.32 Å². The number of hydrogen-bond acceptors (Lipinski definition) is 5. The molecule has 1 spiro atoms. The van der Waals surface area contributed by atoms with Crippen LogP contribution in [-0.4, -0.2) is 45.8 Å². The van der Waals surface area contributed by atoms with Gasteiger partial charge in [-0.05, 0) is 31.7 Å². The van der Waals surface area contributed by atoms with Crippen molar-refractivity contribution >= 4 is 29.4 Å². The minimum Gasteiger partial charge on any atom is -0.481 e. The molecule has 4 aliphatic rings. The Kier molecular flexibility index (Phi) is 4.66. The molecule has 4 atom stereocenters. The van der Waals surface area contributed by atoms with E-state index in [9.17, 15) is 24.3 Å². The summed E-state index contributed by atoms with van der Waals surface area (Å²) in [4.78, 5) is 53.4. The number of imide groups is 1. The second-order valence-corrected chi connectivity index (χ2v) is 9.28. The summed E-state index contributed by atoms with van der Waals surface area (Å²) in [5, 5.41) is 15.4. The highest BCUT2D eigenvalue weighted by Crippen LogP contribution is 2.54. The van der Waals surface area contributed by atoms with Crippen molar-refractivity contribution in [1.82, 2.24) is 10.2 Å². The minimum atomic E-state index is -1.34. The highest BCUT2D eigenvalue weighted by atomic mass is 16.4. The first kappa shape index (κ1) is 20.2. The van der Waals surface area contributed by atoms with E-state index >= 15 is 0 Å². The van der Waals surface area contributed by atoms with Crippen LogP contribution in [0, 0.1) is 18.8 Å². The highest BCUT2D eigenvalue weighted by molar-refractivity contribution is 6.15. The minimum absolute atomic E-state index is 0.127. The van der Waals surface area contributed by atoms with Gasteiger partial charge in [-0.3, -0.25) is 29.4 Å². The van der Waals surface area contributed by atoms with E-state index in [4.69, 9.17) is 0 Å². The van der Waals surface area contributed by atoms with Crippen LogP contribution in [0.15, 0.2) is 18.2 Å². The van der Waals surface area contributed by atoms with Crippen molar-refractivity contribution < 1.29 is 24.3 Å². The molecule has 31 heavy (non-hydrogen) atoms. The topological polar surface area (TPSA) is 116 Å². The molecule has 0 unspecified atom stereocenters. The van der Waals surface area contributed by atoms with Crippen molar-refractivity contribution in [3.8, 4) is 0 Å². The number of aliphatic carboxylic acids is 1. The van der Waals surface area contributed by atoms with Crippen LogP contribution in [-0.2, 0) is 24.7 Å². The van der Waals surface area contributed by atoms with Crippen molar-refractivity contribution in [3.63, 3.8) is 0 Å². The lowest BCUT2D eigenvalue weighted by atomic mass is 9.76. The Labute approximate surface area is 180 Å². The van der Waals surface area contributed by atoms with Gasteiger partial charge in [-0.25, -0.2) is 0 Å². The number of carbonyl (C=O) groups is 4. The number of rotatable bonds is 4. The molecule has 1 aliphatic carbocycles. The lowest BCUT2D eigenvalue weighted by Gasteiger charge is -2.34. The smallest absolute Gasteiger partial charge is 0.303 e. The first-order chi connectivity index (χ1) is 14.9. The summed E-state index contributed by atoms with van der Waals surface area (Å²) >= 11 is 0. The van der Waals surface area contributed by atoms with Crippen LogP contribution in [0.3, 0.4) is 0 Å². The number of carboxylic acids is 1. The van der Waals surface area contributed by atoms with E-state index in [1.807, 2.05) is 25.1 Å². The van der Waals surface area contributed by atoms with Crippen LogP contribution >= 0.6 is 0 Å². The summed E-state index contributed by atoms with van der Waals surface area (Å²) in [6.07, 6.45) is 4.69. The van der Waals surface area contributed by atoms with Crippen molar-refractivity contribution in [2.24, 2.45) is 11.8 Å². The molecule has 0 bridgehead atoms. The number of carboxylic acid groups (broad SMARTS) is 1.